The molecule has 6 heteroatoms. The Morgan fingerprint density at radius 2 is 2.06 bits per heavy atom. The van der Waals surface area contributed by atoms with E-state index in [9.17, 15) is 0 Å². The Bertz CT molecular complexity index is 520. The summed E-state index contributed by atoms with van der Waals surface area (Å²) >= 11 is 4.19. The number of rotatable bonds is 4. The molecule has 0 unspecified atom stereocenters. The molecule has 0 bridgehead atoms. The van der Waals surface area contributed by atoms with Crippen LogP contribution in [0.2, 0.25) is 0 Å². The summed E-state index contributed by atoms with van der Waals surface area (Å²) in [5, 5.41) is 3.74. The molecule has 0 aromatic carbocycles. The number of aryl methyl sites for hydroxylation is 1. The van der Waals surface area contributed by atoms with Gasteiger partial charge in [0.2, 0.25) is 0 Å². The van der Waals surface area contributed by atoms with Gasteiger partial charge < -0.3 is 10.3 Å². The first kappa shape index (κ1) is 12.2. The predicted octanol–water partition coefficient (Wildman–Crippen LogP) is 2.41. The molecule has 17 heavy (non-hydrogen) atoms. The molecule has 2 aromatic rings. The van der Waals surface area contributed by atoms with Crippen molar-refractivity contribution < 1.29 is 0 Å². The second-order valence-corrected chi connectivity index (χ2v) is 4.90. The van der Waals surface area contributed by atoms with Crippen LogP contribution in [-0.4, -0.2) is 26.5 Å². The molecular weight excluding hydrogens is 234 g/mol. The number of hydrogen-bond acceptors (Lipinski definition) is 5. The Hall–Kier alpha value is -1.30. The van der Waals surface area contributed by atoms with Crippen LogP contribution in [0.4, 0.5) is 5.82 Å². The van der Waals surface area contributed by atoms with E-state index < -0.39 is 0 Å². The molecule has 0 fully saturated rings. The molecule has 2 N–H and O–H groups in total. The number of fused-ring (bicyclic) bond motifs is 1. The van der Waals surface area contributed by atoms with Crippen molar-refractivity contribution in [1.29, 1.82) is 0 Å². The van der Waals surface area contributed by atoms with Gasteiger partial charge in [-0.15, -0.1) is 12.6 Å². The minimum atomic E-state index is 0.441. The summed E-state index contributed by atoms with van der Waals surface area (Å²) in [5.74, 6) is 2.28. The van der Waals surface area contributed by atoms with Crippen LogP contribution >= 0.6 is 12.6 Å². The van der Waals surface area contributed by atoms with Gasteiger partial charge in [-0.3, -0.25) is 0 Å². The van der Waals surface area contributed by atoms with E-state index in [0.717, 1.165) is 30.1 Å². The van der Waals surface area contributed by atoms with E-state index in [1.807, 2.05) is 6.92 Å². The van der Waals surface area contributed by atoms with Gasteiger partial charge in [-0.05, 0) is 19.3 Å². The highest BCUT2D eigenvalue weighted by Crippen LogP contribution is 2.19. The van der Waals surface area contributed by atoms with Gasteiger partial charge in [-0.2, -0.15) is 0 Å². The number of H-pyrrole nitrogens is 1. The van der Waals surface area contributed by atoms with Crippen LogP contribution in [0.3, 0.4) is 0 Å². The van der Waals surface area contributed by atoms with E-state index in [-0.39, 0.29) is 0 Å². The maximum atomic E-state index is 4.28. The standard InChI is InChI=1S/C11H17N5S/c1-6(2)4-5-12-9-8-10(14-7(3)13-8)16-11(17)15-9/h6H,4-5H2,1-3H3,(H3,12,13,14,15,16,17). The van der Waals surface area contributed by atoms with Gasteiger partial charge in [-0.1, -0.05) is 13.8 Å². The third-order valence-electron chi connectivity index (χ3n) is 2.47. The number of aromatic nitrogens is 4. The molecular formula is C11H17N5S. The Kier molecular flexibility index (Phi) is 3.51. The first-order valence-corrected chi connectivity index (χ1v) is 6.18. The van der Waals surface area contributed by atoms with E-state index in [4.69, 9.17) is 0 Å². The van der Waals surface area contributed by atoms with Crippen LogP contribution in [0.25, 0.3) is 11.2 Å². The normalized spacial score (nSPS) is 11.4. The number of hydrogen-bond donors (Lipinski definition) is 3. The molecule has 2 aromatic heterocycles. The lowest BCUT2D eigenvalue weighted by Crippen LogP contribution is -2.07. The van der Waals surface area contributed by atoms with Gasteiger partial charge in [0.05, 0.1) is 0 Å². The van der Waals surface area contributed by atoms with Crippen LogP contribution in [0.5, 0.6) is 0 Å². The number of aromatic amines is 1. The second-order valence-electron chi connectivity index (χ2n) is 4.50. The first-order chi connectivity index (χ1) is 8.06. The zero-order chi connectivity index (χ0) is 12.4. The Balaban J connectivity index is 2.25. The van der Waals surface area contributed by atoms with Crippen LogP contribution in [0.1, 0.15) is 26.1 Å². The van der Waals surface area contributed by atoms with Crippen LogP contribution < -0.4 is 5.32 Å². The smallest absolute Gasteiger partial charge is 0.188 e. The van der Waals surface area contributed by atoms with Gasteiger partial charge in [0.1, 0.15) is 11.3 Å². The van der Waals surface area contributed by atoms with E-state index in [2.05, 4.69) is 51.7 Å². The molecule has 0 aliphatic carbocycles. The SMILES string of the molecule is Cc1nc2nc(S)nc(NCCC(C)C)c2[nH]1. The fraction of sp³-hybridized carbons (Fsp3) is 0.545. The van der Waals surface area contributed by atoms with Crippen LogP contribution in [0, 0.1) is 12.8 Å². The third-order valence-corrected chi connectivity index (χ3v) is 2.67. The lowest BCUT2D eigenvalue weighted by molar-refractivity contribution is 0.606. The van der Waals surface area contributed by atoms with E-state index >= 15 is 0 Å². The highest BCUT2D eigenvalue weighted by molar-refractivity contribution is 7.80. The molecule has 5 nitrogen and oxygen atoms in total. The fourth-order valence-corrected chi connectivity index (χ4v) is 1.80. The highest BCUT2D eigenvalue weighted by atomic mass is 32.1. The van der Waals surface area contributed by atoms with Crippen LogP contribution in [-0.2, 0) is 0 Å². The molecule has 0 saturated carbocycles. The Morgan fingerprint density at radius 1 is 1.29 bits per heavy atom. The monoisotopic (exact) mass is 251 g/mol. The van der Waals surface area contributed by atoms with Crippen LogP contribution in [0.15, 0.2) is 5.16 Å². The first-order valence-electron chi connectivity index (χ1n) is 5.73. The number of anilines is 1. The molecule has 0 aliphatic heterocycles. The molecule has 0 saturated heterocycles. The topological polar surface area (TPSA) is 66.5 Å². The molecule has 2 rings (SSSR count). The average Bonchev–Trinajstić information content (AvgIpc) is 2.57. The van der Waals surface area contributed by atoms with E-state index in [0.29, 0.717) is 16.7 Å². The van der Waals surface area contributed by atoms with Gasteiger partial charge in [0, 0.05) is 6.54 Å². The zero-order valence-electron chi connectivity index (χ0n) is 10.3. The van der Waals surface area contributed by atoms with E-state index in [1.54, 1.807) is 0 Å². The number of nitrogens with one attached hydrogen (secondary N) is 2. The third kappa shape index (κ3) is 2.88. The fourth-order valence-electron chi connectivity index (χ4n) is 1.61. The number of thiol groups is 1. The maximum absolute atomic E-state index is 4.28. The van der Waals surface area contributed by atoms with Gasteiger partial charge in [0.15, 0.2) is 16.6 Å². The van der Waals surface area contributed by atoms with Crippen molar-refractivity contribution in [2.24, 2.45) is 5.92 Å². The van der Waals surface area contributed by atoms with Gasteiger partial charge in [0.25, 0.3) is 0 Å². The maximum Gasteiger partial charge on any atom is 0.188 e. The lowest BCUT2D eigenvalue weighted by atomic mass is 10.1. The van der Waals surface area contributed by atoms with Crippen molar-refractivity contribution in [2.45, 2.75) is 32.3 Å². The summed E-state index contributed by atoms with van der Waals surface area (Å²) in [4.78, 5) is 15.9. The molecule has 0 spiro atoms. The lowest BCUT2D eigenvalue weighted by Gasteiger charge is -2.08. The summed E-state index contributed by atoms with van der Waals surface area (Å²) in [5.41, 5.74) is 1.51. The van der Waals surface area contributed by atoms with Crippen molar-refractivity contribution in [3.63, 3.8) is 0 Å². The molecule has 0 radical (unpaired) electrons. The minimum absolute atomic E-state index is 0.441. The number of imidazole rings is 1. The number of nitrogens with zero attached hydrogens (tertiary/aromatic N) is 3. The van der Waals surface area contributed by atoms with Crippen molar-refractivity contribution in [1.82, 2.24) is 19.9 Å². The summed E-state index contributed by atoms with van der Waals surface area (Å²) in [6.07, 6.45) is 1.10. The summed E-state index contributed by atoms with van der Waals surface area (Å²) in [6.45, 7) is 7.18. The summed E-state index contributed by atoms with van der Waals surface area (Å²) < 4.78 is 0. The quantitative estimate of drug-likeness (QED) is 0.576. The summed E-state index contributed by atoms with van der Waals surface area (Å²) in [6, 6.07) is 0. The summed E-state index contributed by atoms with van der Waals surface area (Å²) in [7, 11) is 0. The van der Waals surface area contributed by atoms with Crippen molar-refractivity contribution in [2.75, 3.05) is 11.9 Å². The largest absolute Gasteiger partial charge is 0.368 e. The Morgan fingerprint density at radius 3 is 2.76 bits per heavy atom. The van der Waals surface area contributed by atoms with Crippen molar-refractivity contribution in [3.8, 4) is 0 Å². The average molecular weight is 251 g/mol. The zero-order valence-corrected chi connectivity index (χ0v) is 11.2. The van der Waals surface area contributed by atoms with Crippen molar-refractivity contribution >= 4 is 29.6 Å². The Labute approximate surface area is 106 Å². The molecule has 0 atom stereocenters. The minimum Gasteiger partial charge on any atom is -0.368 e. The van der Waals surface area contributed by atoms with Crippen molar-refractivity contribution in [3.05, 3.63) is 5.82 Å². The van der Waals surface area contributed by atoms with E-state index in [1.165, 1.54) is 0 Å². The molecule has 0 amide bonds. The van der Waals surface area contributed by atoms with Gasteiger partial charge >= 0.3 is 0 Å². The second kappa shape index (κ2) is 4.91. The molecule has 0 aliphatic rings. The van der Waals surface area contributed by atoms with Gasteiger partial charge in [-0.25, -0.2) is 15.0 Å². The molecule has 92 valence electrons. The predicted molar refractivity (Wildman–Crippen MR) is 71.6 cm³/mol. The molecule has 2 heterocycles. The highest BCUT2D eigenvalue weighted by Gasteiger charge is 2.09.